The summed E-state index contributed by atoms with van der Waals surface area (Å²) in [6.07, 6.45) is 2.94. The Bertz CT molecular complexity index is 578. The summed E-state index contributed by atoms with van der Waals surface area (Å²) >= 11 is 0. The van der Waals surface area contributed by atoms with Crippen LogP contribution < -0.4 is 5.82 Å². The Balaban J connectivity index is 0.00000162. The predicted molar refractivity (Wildman–Crippen MR) is 69.8 cm³/mol. The summed E-state index contributed by atoms with van der Waals surface area (Å²) in [5, 5.41) is 0. The number of carbonyl (C=O) groups is 1. The summed E-state index contributed by atoms with van der Waals surface area (Å²) in [5.41, 5.74) is 0.330. The lowest BCUT2D eigenvalue weighted by atomic mass is 10.3. The van der Waals surface area contributed by atoms with E-state index in [9.17, 15) is 9.59 Å². The number of halogens is 2. The second-order valence-electron chi connectivity index (χ2n) is 3.25. The highest BCUT2D eigenvalue weighted by atomic mass is 35.5. The smallest absolute Gasteiger partial charge is 0.454 e. The Hall–Kier alpha value is -1.79. The van der Waals surface area contributed by atoms with Crippen molar-refractivity contribution in [2.45, 2.75) is 13.5 Å². The quantitative estimate of drug-likeness (QED) is 0.808. The van der Waals surface area contributed by atoms with Crippen molar-refractivity contribution in [1.82, 2.24) is 4.98 Å². The Morgan fingerprint density at radius 3 is 2.63 bits per heavy atom. The van der Waals surface area contributed by atoms with Crippen LogP contribution in [-0.2, 0) is 11.3 Å². The zero-order valence-corrected chi connectivity index (χ0v) is 11.5. The number of hydrogen-bond donors (Lipinski definition) is 0. The zero-order chi connectivity index (χ0) is 12.3. The number of hydrogen-bond acceptors (Lipinski definition) is 6. The number of esters is 1. The van der Waals surface area contributed by atoms with E-state index >= 15 is 0 Å². The van der Waals surface area contributed by atoms with Gasteiger partial charge in [-0.3, -0.25) is 4.98 Å². The summed E-state index contributed by atoms with van der Waals surface area (Å²) in [7, 11) is 0. The summed E-state index contributed by atoms with van der Waals surface area (Å²) in [6, 6.07) is 3.20. The van der Waals surface area contributed by atoms with Gasteiger partial charge in [0.25, 0.3) is 0 Å². The molecule has 104 valence electrons. The van der Waals surface area contributed by atoms with Crippen LogP contribution in [0.2, 0.25) is 0 Å². The molecule has 0 N–H and O–H groups in total. The molecule has 0 aliphatic carbocycles. The third-order valence-electron chi connectivity index (χ3n) is 2.07. The van der Waals surface area contributed by atoms with Gasteiger partial charge in [-0.05, 0) is 19.1 Å². The summed E-state index contributed by atoms with van der Waals surface area (Å²) in [6.45, 7) is 1.41. The lowest BCUT2D eigenvalue weighted by Gasteiger charge is -2.01. The number of aromatic nitrogens is 1. The first-order valence-corrected chi connectivity index (χ1v) is 4.83. The molecular weight excluding hydrogens is 297 g/mol. The predicted octanol–water partition coefficient (Wildman–Crippen LogP) is 2.14. The second kappa shape index (κ2) is 7.60. The number of carbonyl (C=O) groups excluding carboxylic acids is 1. The van der Waals surface area contributed by atoms with Gasteiger partial charge in [0.1, 0.15) is 0 Å². The van der Waals surface area contributed by atoms with Crippen molar-refractivity contribution in [3.63, 3.8) is 0 Å². The molecule has 0 unspecified atom stereocenters. The van der Waals surface area contributed by atoms with Crippen LogP contribution in [-0.4, -0.2) is 11.0 Å². The fraction of sp³-hybridized carbons (Fsp3) is 0.182. The van der Waals surface area contributed by atoms with Crippen LogP contribution in [0.4, 0.5) is 0 Å². The van der Waals surface area contributed by atoms with Crippen molar-refractivity contribution in [3.8, 4) is 0 Å². The Kier molecular flexibility index (Phi) is 6.89. The van der Waals surface area contributed by atoms with Crippen LogP contribution in [0.15, 0.2) is 38.2 Å². The Labute approximate surface area is 120 Å². The summed E-state index contributed by atoms with van der Waals surface area (Å²) in [4.78, 5) is 26.1. The monoisotopic (exact) mass is 307 g/mol. The molecule has 19 heavy (non-hydrogen) atoms. The highest BCUT2D eigenvalue weighted by Gasteiger charge is 2.12. The lowest BCUT2D eigenvalue weighted by Crippen LogP contribution is -2.05. The second-order valence-corrected chi connectivity index (χ2v) is 3.25. The minimum absolute atomic E-state index is 0. The highest BCUT2D eigenvalue weighted by molar-refractivity contribution is 5.88. The van der Waals surface area contributed by atoms with E-state index in [-0.39, 0.29) is 37.2 Å². The van der Waals surface area contributed by atoms with E-state index < -0.39 is 11.8 Å². The molecule has 0 saturated carbocycles. The van der Waals surface area contributed by atoms with Crippen molar-refractivity contribution in [1.29, 1.82) is 0 Å². The van der Waals surface area contributed by atoms with Gasteiger partial charge in [-0.25, -0.2) is 9.59 Å². The van der Waals surface area contributed by atoms with Crippen molar-refractivity contribution in [2.24, 2.45) is 0 Å². The molecule has 2 aromatic rings. The fourth-order valence-electron chi connectivity index (χ4n) is 1.20. The largest absolute Gasteiger partial charge is 0.519 e. The van der Waals surface area contributed by atoms with Crippen LogP contribution in [0.5, 0.6) is 0 Å². The lowest BCUT2D eigenvalue weighted by molar-refractivity contribution is 0.0442. The first-order valence-electron chi connectivity index (χ1n) is 4.83. The van der Waals surface area contributed by atoms with E-state index in [0.717, 1.165) is 0 Å². The normalized spacial score (nSPS) is 9.11. The fourth-order valence-corrected chi connectivity index (χ4v) is 1.20. The van der Waals surface area contributed by atoms with E-state index in [0.29, 0.717) is 11.3 Å². The molecule has 0 saturated heterocycles. The summed E-state index contributed by atoms with van der Waals surface area (Å²) < 4.78 is 14.2. The average Bonchev–Trinajstić information content (AvgIpc) is 2.66. The Morgan fingerprint density at radius 1 is 1.37 bits per heavy atom. The highest BCUT2D eigenvalue weighted by Crippen LogP contribution is 2.08. The molecule has 0 aromatic carbocycles. The standard InChI is InChI=1S/C11H9NO5.2ClH/c1-7-9(17-11(14)16-7)6-15-10(13)8-3-2-4-12-5-8;;/h2-5H,6H2,1H3;2*1H. The third-order valence-corrected chi connectivity index (χ3v) is 2.07. The Morgan fingerprint density at radius 2 is 2.11 bits per heavy atom. The van der Waals surface area contributed by atoms with E-state index in [1.165, 1.54) is 6.20 Å². The molecule has 6 nitrogen and oxygen atoms in total. The van der Waals surface area contributed by atoms with Gasteiger partial charge >= 0.3 is 11.8 Å². The van der Waals surface area contributed by atoms with E-state index in [4.69, 9.17) is 4.74 Å². The minimum Gasteiger partial charge on any atom is -0.454 e. The molecule has 2 rings (SSSR count). The maximum Gasteiger partial charge on any atom is 0.519 e. The molecule has 0 spiro atoms. The molecule has 0 aliphatic rings. The van der Waals surface area contributed by atoms with Crippen molar-refractivity contribution in [3.05, 3.63) is 52.2 Å². The third kappa shape index (κ3) is 4.42. The molecule has 0 fully saturated rings. The molecule has 0 bridgehead atoms. The van der Waals surface area contributed by atoms with Gasteiger partial charge in [-0.1, -0.05) is 0 Å². The molecular formula is C11H11Cl2NO5. The SMILES string of the molecule is Cc1oc(=O)oc1COC(=O)c1cccnc1.Cl.Cl. The van der Waals surface area contributed by atoms with Gasteiger partial charge in [0, 0.05) is 12.4 Å². The molecule has 0 radical (unpaired) electrons. The number of pyridine rings is 1. The van der Waals surface area contributed by atoms with Crippen LogP contribution >= 0.6 is 24.8 Å². The van der Waals surface area contributed by atoms with Gasteiger partial charge in [0.2, 0.25) is 0 Å². The number of ether oxygens (including phenoxy) is 1. The number of nitrogens with zero attached hydrogens (tertiary/aromatic N) is 1. The molecule has 2 heterocycles. The average molecular weight is 308 g/mol. The van der Waals surface area contributed by atoms with Crippen molar-refractivity contribution >= 4 is 30.8 Å². The number of aryl methyl sites for hydroxylation is 1. The van der Waals surface area contributed by atoms with Crippen LogP contribution in [0.25, 0.3) is 0 Å². The van der Waals surface area contributed by atoms with Crippen LogP contribution in [0.1, 0.15) is 21.9 Å². The van der Waals surface area contributed by atoms with Crippen molar-refractivity contribution < 1.29 is 18.4 Å². The summed E-state index contributed by atoms with van der Waals surface area (Å²) in [5.74, 6) is -0.850. The van der Waals surface area contributed by atoms with E-state index in [1.807, 2.05) is 0 Å². The first kappa shape index (κ1) is 17.2. The molecule has 2 aromatic heterocycles. The van der Waals surface area contributed by atoms with Gasteiger partial charge in [0.15, 0.2) is 18.1 Å². The maximum atomic E-state index is 11.5. The topological polar surface area (TPSA) is 82.5 Å². The van der Waals surface area contributed by atoms with Crippen molar-refractivity contribution in [2.75, 3.05) is 0 Å². The molecule has 8 heteroatoms. The minimum atomic E-state index is -0.810. The molecule has 0 amide bonds. The van der Waals surface area contributed by atoms with Gasteiger partial charge in [-0.2, -0.15) is 0 Å². The van der Waals surface area contributed by atoms with Crippen LogP contribution in [0.3, 0.4) is 0 Å². The molecule has 0 atom stereocenters. The van der Waals surface area contributed by atoms with Gasteiger partial charge in [0.05, 0.1) is 5.56 Å². The van der Waals surface area contributed by atoms with Crippen LogP contribution in [0, 0.1) is 6.92 Å². The first-order chi connectivity index (χ1) is 8.16. The van der Waals surface area contributed by atoms with E-state index in [1.54, 1.807) is 25.3 Å². The van der Waals surface area contributed by atoms with Gasteiger partial charge < -0.3 is 13.6 Å². The van der Waals surface area contributed by atoms with Gasteiger partial charge in [-0.15, -0.1) is 24.8 Å². The maximum absolute atomic E-state index is 11.5. The number of rotatable bonds is 3. The molecule has 0 aliphatic heterocycles. The van der Waals surface area contributed by atoms with E-state index in [2.05, 4.69) is 13.8 Å². The zero-order valence-electron chi connectivity index (χ0n) is 9.82.